The molecule has 2 aliphatic carbocycles. The van der Waals surface area contributed by atoms with E-state index in [9.17, 15) is 0 Å². The quantitative estimate of drug-likeness (QED) is 0.0868. The van der Waals surface area contributed by atoms with Gasteiger partial charge in [0, 0.05) is 25.3 Å². The van der Waals surface area contributed by atoms with Crippen molar-refractivity contribution in [3.63, 3.8) is 0 Å². The number of hydrogen-bond acceptors (Lipinski definition) is 5. The van der Waals surface area contributed by atoms with Crippen LogP contribution in [0, 0.1) is 85.4 Å². The van der Waals surface area contributed by atoms with Crippen LogP contribution in [0.5, 0.6) is 0 Å². The zero-order chi connectivity index (χ0) is 29.2. The average Bonchev–Trinajstić information content (AvgIpc) is 3.15. The number of nitriles is 1. The third-order valence-electron chi connectivity index (χ3n) is 10.6. The number of nitrogens with zero attached hydrogens (tertiary/aromatic N) is 2. The van der Waals surface area contributed by atoms with Crippen LogP contribution in [-0.2, 0) is 30.9 Å². The molecule has 0 aliphatic heterocycles. The Morgan fingerprint density at radius 3 is 1.37 bits per heavy atom. The predicted octanol–water partition coefficient (Wildman–Crippen LogP) is 9.94. The summed E-state index contributed by atoms with van der Waals surface area (Å²) in [5.74, 6) is 8.35. The van der Waals surface area contributed by atoms with E-state index in [-0.39, 0.29) is 31.9 Å². The molecule has 0 amide bonds. The first-order chi connectivity index (χ1) is 17.8. The Balaban J connectivity index is -0.000000941. The second kappa shape index (κ2) is 22.7. The Morgan fingerprint density at radius 2 is 1.00 bits per heavy atom. The number of ether oxygens (including phenoxy) is 1. The Kier molecular flexibility index (Phi) is 25.3. The smallest absolute Gasteiger partial charge is 0.381 e. The molecule has 246 valence electrons. The summed E-state index contributed by atoms with van der Waals surface area (Å²) in [4.78, 5) is 0. The van der Waals surface area contributed by atoms with Crippen molar-refractivity contribution in [2.75, 3.05) is 26.4 Å². The van der Waals surface area contributed by atoms with Crippen LogP contribution in [-0.4, -0.2) is 43.2 Å². The van der Waals surface area contributed by atoms with Gasteiger partial charge >= 0.3 is 17.1 Å². The van der Waals surface area contributed by atoms with Crippen LogP contribution in [0.2, 0.25) is 0 Å². The van der Waals surface area contributed by atoms with E-state index in [1.165, 1.54) is 0 Å². The number of rotatable bonds is 13. The summed E-state index contributed by atoms with van der Waals surface area (Å²) in [6.45, 7) is 32.7. The maximum atomic E-state index is 8.78. The van der Waals surface area contributed by atoms with E-state index < -0.39 is 8.53 Å². The van der Waals surface area contributed by atoms with Crippen molar-refractivity contribution in [1.29, 1.82) is 5.26 Å². The van der Waals surface area contributed by atoms with Crippen LogP contribution in [0.15, 0.2) is 0 Å². The molecule has 0 aromatic heterocycles. The first-order valence-electron chi connectivity index (χ1n) is 15.6. The van der Waals surface area contributed by atoms with E-state index in [4.69, 9.17) is 19.0 Å². The van der Waals surface area contributed by atoms with Gasteiger partial charge in [-0.25, -0.2) is 4.67 Å². The summed E-state index contributed by atoms with van der Waals surface area (Å²) in [6.07, 6.45) is 1.26. The zero-order valence-electron chi connectivity index (χ0n) is 29.6. The molecule has 0 aromatic rings. The predicted molar refractivity (Wildman–Crippen MR) is 175 cm³/mol. The first-order valence-corrected chi connectivity index (χ1v) is 16.7. The molecule has 2 aliphatic rings. The maximum Gasteiger partial charge on any atom is 2.00 e. The van der Waals surface area contributed by atoms with Crippen molar-refractivity contribution in [3.05, 3.63) is 14.9 Å². The van der Waals surface area contributed by atoms with Crippen molar-refractivity contribution in [2.45, 2.75) is 115 Å². The molecule has 0 bridgehead atoms. The second-order valence-corrected chi connectivity index (χ2v) is 14.7. The minimum atomic E-state index is -1.14. The van der Waals surface area contributed by atoms with Crippen LogP contribution in [0.4, 0.5) is 0 Å². The van der Waals surface area contributed by atoms with Gasteiger partial charge in [0.1, 0.15) is 0 Å². The van der Waals surface area contributed by atoms with E-state index in [0.717, 1.165) is 72.9 Å². The SMILES string of the molecule is CC1C(C)C(C)C(C)C1C.CC1C(C)C(C)C(COCCCOP(OCCC#N)N(C(C)C)C(C)C)C1C.[CH3-].[CH3-].[Fe+2]. The molecule has 41 heavy (non-hydrogen) atoms. The van der Waals surface area contributed by atoms with Gasteiger partial charge in [-0.05, 0) is 93.3 Å². The van der Waals surface area contributed by atoms with Gasteiger partial charge in [-0.15, -0.1) is 0 Å². The summed E-state index contributed by atoms with van der Waals surface area (Å²) in [5.41, 5.74) is 0. The van der Waals surface area contributed by atoms with E-state index in [0.29, 0.717) is 37.6 Å². The van der Waals surface area contributed by atoms with Crippen LogP contribution in [0.3, 0.4) is 0 Å². The monoisotopic (exact) mass is 640 g/mol. The van der Waals surface area contributed by atoms with Crippen molar-refractivity contribution in [1.82, 2.24) is 4.67 Å². The second-order valence-electron chi connectivity index (χ2n) is 13.2. The fourth-order valence-corrected chi connectivity index (χ4v) is 8.38. The van der Waals surface area contributed by atoms with Crippen LogP contribution in [0.1, 0.15) is 103 Å². The Bertz CT molecular complexity index is 625. The van der Waals surface area contributed by atoms with Crippen LogP contribution < -0.4 is 0 Å². The van der Waals surface area contributed by atoms with Gasteiger partial charge < -0.3 is 28.6 Å². The normalized spacial score (nSPS) is 33.3. The van der Waals surface area contributed by atoms with Gasteiger partial charge in [0.05, 0.1) is 25.7 Å². The van der Waals surface area contributed by atoms with Gasteiger partial charge in [-0.1, -0.05) is 62.3 Å². The fraction of sp³-hybridized carbons (Fsp3) is 0.912. The molecule has 0 spiro atoms. The van der Waals surface area contributed by atoms with Gasteiger partial charge in [-0.3, -0.25) is 0 Å². The van der Waals surface area contributed by atoms with Crippen molar-refractivity contribution < 1.29 is 30.9 Å². The van der Waals surface area contributed by atoms with E-state index in [1.54, 1.807) is 0 Å². The summed E-state index contributed by atoms with van der Waals surface area (Å²) >= 11 is 0. The molecule has 7 heteroatoms. The van der Waals surface area contributed by atoms with E-state index in [2.05, 4.69) is 101 Å². The first kappa shape index (κ1) is 45.7. The van der Waals surface area contributed by atoms with E-state index in [1.807, 2.05) is 0 Å². The Morgan fingerprint density at radius 1 is 0.634 bits per heavy atom. The largest absolute Gasteiger partial charge is 2.00 e. The molecule has 2 fully saturated rings. The minimum absolute atomic E-state index is 0. The molecular weight excluding hydrogens is 571 g/mol. The van der Waals surface area contributed by atoms with Crippen LogP contribution in [0.25, 0.3) is 0 Å². The fourth-order valence-electron chi connectivity index (χ4n) is 6.75. The summed E-state index contributed by atoms with van der Waals surface area (Å²) in [6, 6.07) is 2.80. The molecule has 0 heterocycles. The molecule has 5 atom stereocenters. The molecule has 0 aromatic carbocycles. The van der Waals surface area contributed by atoms with Gasteiger partial charge in [0.2, 0.25) is 0 Å². The molecule has 0 N–H and O–H groups in total. The topological polar surface area (TPSA) is 54.7 Å². The summed E-state index contributed by atoms with van der Waals surface area (Å²) in [5, 5.41) is 8.78. The third kappa shape index (κ3) is 13.4. The molecule has 0 saturated heterocycles. The average molecular weight is 641 g/mol. The van der Waals surface area contributed by atoms with E-state index >= 15 is 0 Å². The summed E-state index contributed by atoms with van der Waals surface area (Å²) in [7, 11) is -1.14. The third-order valence-corrected chi connectivity index (χ3v) is 12.7. The molecular formula is C34H69FeN2O3P. The number of hydrogen-bond donors (Lipinski definition) is 0. The zero-order valence-corrected chi connectivity index (χ0v) is 31.6. The molecule has 2 saturated carbocycles. The van der Waals surface area contributed by atoms with Gasteiger partial charge in [0.25, 0.3) is 8.53 Å². The molecule has 0 radical (unpaired) electrons. The molecule has 2 rings (SSSR count). The Labute approximate surface area is 270 Å². The summed E-state index contributed by atoms with van der Waals surface area (Å²) < 4.78 is 20.3. The molecule has 5 unspecified atom stereocenters. The molecule has 5 nitrogen and oxygen atoms in total. The van der Waals surface area contributed by atoms with Crippen molar-refractivity contribution in [2.24, 2.45) is 59.2 Å². The van der Waals surface area contributed by atoms with Gasteiger partial charge in [-0.2, -0.15) is 5.26 Å². The standard InChI is InChI=1S/C22H43N2O3P.C10H20.2CH3.Fe/c1-16(2)24(17(3)4)28(26-13-9-11-23)27-14-10-12-25-15-22-20(7)18(5)19(6)21(22)8;1-6-7(2)9(4)10(5)8(6)3;;;/h16-22H,9-10,12-15H2,1-8H3;6-10H,1-5H3;2*1H3;/q;;2*-1;+2. The van der Waals surface area contributed by atoms with Gasteiger partial charge in [0.15, 0.2) is 0 Å². The Hall–Kier alpha value is 0.279. The maximum absolute atomic E-state index is 8.78. The van der Waals surface area contributed by atoms with Crippen molar-refractivity contribution in [3.8, 4) is 6.07 Å². The van der Waals surface area contributed by atoms with Crippen LogP contribution >= 0.6 is 8.53 Å². The van der Waals surface area contributed by atoms with Crippen molar-refractivity contribution >= 4 is 8.53 Å². The minimum Gasteiger partial charge on any atom is -0.381 e.